The summed E-state index contributed by atoms with van der Waals surface area (Å²) in [6.07, 6.45) is 0. The highest BCUT2D eigenvalue weighted by Crippen LogP contribution is 2.16. The molecule has 124 valence electrons. The number of likely N-dealkylation sites (N-methyl/N-ethyl adjacent to an activating group) is 1. The molecule has 0 aliphatic rings. The molecule has 1 heterocycles. The Morgan fingerprint density at radius 3 is 2.78 bits per heavy atom. The lowest BCUT2D eigenvalue weighted by molar-refractivity contribution is -0.117. The van der Waals surface area contributed by atoms with Gasteiger partial charge in [0, 0.05) is 6.07 Å². The molecule has 23 heavy (non-hydrogen) atoms. The second kappa shape index (κ2) is 7.37. The van der Waals surface area contributed by atoms with Crippen molar-refractivity contribution in [2.24, 2.45) is 0 Å². The van der Waals surface area contributed by atoms with Gasteiger partial charge in [0.25, 0.3) is 0 Å². The summed E-state index contributed by atoms with van der Waals surface area (Å²) in [5.41, 5.74) is 1.97. The summed E-state index contributed by atoms with van der Waals surface area (Å²) in [7, 11) is 1.80. The number of aryl methyl sites for hydroxylation is 1. The Morgan fingerprint density at radius 1 is 1.39 bits per heavy atom. The molecule has 0 spiro atoms. The number of carbonyl (C=O) groups excluding carboxylic acids is 1. The van der Waals surface area contributed by atoms with Crippen LogP contribution in [-0.2, 0) is 11.3 Å². The maximum absolute atomic E-state index is 13.6. The Bertz CT molecular complexity index is 682. The lowest BCUT2D eigenvalue weighted by Gasteiger charge is -2.14. The quantitative estimate of drug-likeness (QED) is 0.887. The van der Waals surface area contributed by atoms with Gasteiger partial charge < -0.3 is 9.84 Å². The maximum Gasteiger partial charge on any atom is 0.238 e. The van der Waals surface area contributed by atoms with Crippen LogP contribution >= 0.6 is 0 Å². The number of halogens is 1. The number of hydrogen-bond acceptors (Lipinski definition) is 4. The minimum Gasteiger partial charge on any atom is -0.360 e. The summed E-state index contributed by atoms with van der Waals surface area (Å²) >= 11 is 0. The number of benzene rings is 1. The van der Waals surface area contributed by atoms with E-state index in [1.54, 1.807) is 24.1 Å². The minimum absolute atomic E-state index is 0.130. The Labute approximate surface area is 135 Å². The zero-order valence-corrected chi connectivity index (χ0v) is 13.9. The molecule has 0 aliphatic heterocycles. The highest BCUT2D eigenvalue weighted by atomic mass is 19.1. The van der Waals surface area contributed by atoms with E-state index in [9.17, 15) is 9.18 Å². The Hall–Kier alpha value is -2.21. The molecule has 1 N–H and O–H groups in total. The van der Waals surface area contributed by atoms with Crippen molar-refractivity contribution < 1.29 is 13.7 Å². The molecule has 0 fully saturated rings. The van der Waals surface area contributed by atoms with Gasteiger partial charge in [-0.3, -0.25) is 9.69 Å². The third-order valence-electron chi connectivity index (χ3n) is 3.40. The van der Waals surface area contributed by atoms with E-state index in [2.05, 4.69) is 10.5 Å². The van der Waals surface area contributed by atoms with Crippen molar-refractivity contribution in [2.45, 2.75) is 33.2 Å². The summed E-state index contributed by atoms with van der Waals surface area (Å²) in [5, 5.41) is 6.57. The molecule has 5 nitrogen and oxygen atoms in total. The van der Waals surface area contributed by atoms with E-state index < -0.39 is 5.82 Å². The lowest BCUT2D eigenvalue weighted by atomic mass is 10.1. The van der Waals surface area contributed by atoms with E-state index in [0.29, 0.717) is 18.2 Å². The van der Waals surface area contributed by atoms with Crippen molar-refractivity contribution in [1.29, 1.82) is 0 Å². The predicted molar refractivity (Wildman–Crippen MR) is 86.7 cm³/mol. The average Bonchev–Trinajstić information content (AvgIpc) is 2.91. The molecular weight excluding hydrogens is 297 g/mol. The highest BCUT2D eigenvalue weighted by Gasteiger charge is 2.13. The molecule has 2 aromatic rings. The van der Waals surface area contributed by atoms with Gasteiger partial charge in [-0.25, -0.2) is 4.39 Å². The van der Waals surface area contributed by atoms with Gasteiger partial charge in [0.05, 0.1) is 24.5 Å². The molecule has 0 bridgehead atoms. The molecule has 1 aromatic heterocycles. The van der Waals surface area contributed by atoms with E-state index in [4.69, 9.17) is 4.52 Å². The molecular formula is C17H22FN3O2. The fraction of sp³-hybridized carbons (Fsp3) is 0.412. The van der Waals surface area contributed by atoms with Crippen LogP contribution in [-0.4, -0.2) is 29.6 Å². The van der Waals surface area contributed by atoms with Crippen LogP contribution in [0.5, 0.6) is 0 Å². The molecule has 1 amide bonds. The second-order valence-electron chi connectivity index (χ2n) is 6.08. The van der Waals surface area contributed by atoms with Crippen LogP contribution in [0.1, 0.15) is 36.8 Å². The molecule has 0 saturated heterocycles. The van der Waals surface area contributed by atoms with Crippen LogP contribution in [0.3, 0.4) is 0 Å². The SMILES string of the molecule is Cc1ccc(F)c(NC(=O)CN(C)Cc2cc(C(C)C)no2)c1. The summed E-state index contributed by atoms with van der Waals surface area (Å²) in [6.45, 7) is 6.51. The van der Waals surface area contributed by atoms with Crippen molar-refractivity contribution in [1.82, 2.24) is 10.1 Å². The third kappa shape index (κ3) is 4.89. The van der Waals surface area contributed by atoms with Crippen LogP contribution < -0.4 is 5.32 Å². The van der Waals surface area contributed by atoms with Crippen molar-refractivity contribution >= 4 is 11.6 Å². The van der Waals surface area contributed by atoms with Crippen molar-refractivity contribution in [2.75, 3.05) is 18.9 Å². The van der Waals surface area contributed by atoms with E-state index in [1.807, 2.05) is 26.8 Å². The fourth-order valence-corrected chi connectivity index (χ4v) is 2.17. The van der Waals surface area contributed by atoms with Crippen LogP contribution in [0.25, 0.3) is 0 Å². The number of anilines is 1. The zero-order valence-electron chi connectivity index (χ0n) is 13.9. The molecule has 0 radical (unpaired) electrons. The summed E-state index contributed by atoms with van der Waals surface area (Å²) in [5.74, 6) is 0.278. The number of amides is 1. The lowest BCUT2D eigenvalue weighted by Crippen LogP contribution is -2.30. The Balaban J connectivity index is 1.90. The van der Waals surface area contributed by atoms with Gasteiger partial charge in [-0.2, -0.15) is 0 Å². The average molecular weight is 319 g/mol. The topological polar surface area (TPSA) is 58.4 Å². The van der Waals surface area contributed by atoms with Gasteiger partial charge in [-0.15, -0.1) is 0 Å². The maximum atomic E-state index is 13.6. The first kappa shape index (κ1) is 17.1. The number of carbonyl (C=O) groups is 1. The monoisotopic (exact) mass is 319 g/mol. The largest absolute Gasteiger partial charge is 0.360 e. The molecule has 0 atom stereocenters. The summed E-state index contributed by atoms with van der Waals surface area (Å²) in [4.78, 5) is 13.8. The van der Waals surface area contributed by atoms with Crippen LogP contribution in [0.15, 0.2) is 28.8 Å². The minimum atomic E-state index is -0.441. The van der Waals surface area contributed by atoms with Crippen molar-refractivity contribution in [3.8, 4) is 0 Å². The molecule has 0 aliphatic carbocycles. The Morgan fingerprint density at radius 2 is 2.13 bits per heavy atom. The molecule has 0 saturated carbocycles. The first-order valence-electron chi connectivity index (χ1n) is 7.55. The summed E-state index contributed by atoms with van der Waals surface area (Å²) in [6, 6.07) is 6.50. The number of nitrogens with zero attached hydrogens (tertiary/aromatic N) is 2. The predicted octanol–water partition coefficient (Wildman–Crippen LogP) is 3.32. The molecule has 2 rings (SSSR count). The highest BCUT2D eigenvalue weighted by molar-refractivity contribution is 5.92. The van der Waals surface area contributed by atoms with Gasteiger partial charge in [0.2, 0.25) is 5.91 Å². The van der Waals surface area contributed by atoms with Crippen molar-refractivity contribution in [3.63, 3.8) is 0 Å². The van der Waals surface area contributed by atoms with Gasteiger partial charge in [-0.1, -0.05) is 25.1 Å². The fourth-order valence-electron chi connectivity index (χ4n) is 2.17. The van der Waals surface area contributed by atoms with Gasteiger partial charge in [-0.05, 0) is 37.6 Å². The number of hydrogen-bond donors (Lipinski definition) is 1. The first-order chi connectivity index (χ1) is 10.8. The zero-order chi connectivity index (χ0) is 17.0. The number of rotatable bonds is 6. The Kier molecular flexibility index (Phi) is 5.50. The normalized spacial score (nSPS) is 11.3. The molecule has 6 heteroatoms. The number of aromatic nitrogens is 1. The van der Waals surface area contributed by atoms with Crippen LogP contribution in [0, 0.1) is 12.7 Å². The third-order valence-corrected chi connectivity index (χ3v) is 3.40. The molecule has 1 aromatic carbocycles. The van der Waals surface area contributed by atoms with Gasteiger partial charge in [0.1, 0.15) is 5.82 Å². The van der Waals surface area contributed by atoms with E-state index in [1.165, 1.54) is 6.07 Å². The second-order valence-corrected chi connectivity index (χ2v) is 6.08. The van der Waals surface area contributed by atoms with Gasteiger partial charge in [0.15, 0.2) is 5.76 Å². The smallest absolute Gasteiger partial charge is 0.238 e. The van der Waals surface area contributed by atoms with Gasteiger partial charge >= 0.3 is 0 Å². The van der Waals surface area contributed by atoms with E-state index >= 15 is 0 Å². The first-order valence-corrected chi connectivity index (χ1v) is 7.55. The van der Waals surface area contributed by atoms with Crippen LogP contribution in [0.4, 0.5) is 10.1 Å². The van der Waals surface area contributed by atoms with E-state index in [-0.39, 0.29) is 18.1 Å². The van der Waals surface area contributed by atoms with Crippen molar-refractivity contribution in [3.05, 3.63) is 47.1 Å². The standard InChI is InChI=1S/C17H22FN3O2/c1-11(2)15-8-13(23-20-15)9-21(4)10-17(22)19-16-7-12(3)5-6-14(16)18/h5-8,11H,9-10H2,1-4H3,(H,19,22). The number of nitrogens with one attached hydrogen (secondary N) is 1. The van der Waals surface area contributed by atoms with Crippen LogP contribution in [0.2, 0.25) is 0 Å². The van der Waals surface area contributed by atoms with E-state index in [0.717, 1.165) is 11.3 Å². The summed E-state index contributed by atoms with van der Waals surface area (Å²) < 4.78 is 18.9. The molecule has 0 unspecified atom stereocenters.